The Balaban J connectivity index is 2.82. The predicted octanol–water partition coefficient (Wildman–Crippen LogP) is 1.96. The van der Waals surface area contributed by atoms with Gasteiger partial charge in [0.1, 0.15) is 0 Å². The summed E-state index contributed by atoms with van der Waals surface area (Å²) in [4.78, 5) is 16.0. The van der Waals surface area contributed by atoms with Crippen molar-refractivity contribution in [2.24, 2.45) is 0 Å². The van der Waals surface area contributed by atoms with Crippen LogP contribution in [0.1, 0.15) is 19.8 Å². The van der Waals surface area contributed by atoms with Crippen molar-refractivity contribution in [2.75, 3.05) is 37.8 Å². The van der Waals surface area contributed by atoms with Crippen molar-refractivity contribution in [1.29, 1.82) is 0 Å². The fourth-order valence-electron chi connectivity index (χ4n) is 1.70. The van der Waals surface area contributed by atoms with Gasteiger partial charge in [-0.25, -0.2) is 0 Å². The Morgan fingerprint density at radius 1 is 1.17 bits per heavy atom. The van der Waals surface area contributed by atoms with Crippen LogP contribution in [0.3, 0.4) is 0 Å². The third-order valence-electron chi connectivity index (χ3n) is 2.74. The fourth-order valence-corrected chi connectivity index (χ4v) is 1.70. The van der Waals surface area contributed by atoms with E-state index in [2.05, 4.69) is 4.90 Å². The molecule has 4 heteroatoms. The zero-order valence-corrected chi connectivity index (χ0v) is 11.5. The Hall–Kier alpha value is -1.55. The second-order valence-electron chi connectivity index (χ2n) is 4.69. The Labute approximate surface area is 109 Å². The summed E-state index contributed by atoms with van der Waals surface area (Å²) in [5.74, 6) is 0.170. The van der Waals surface area contributed by atoms with Crippen LogP contribution in [0.2, 0.25) is 0 Å². The molecule has 1 aromatic carbocycles. The third-order valence-corrected chi connectivity index (χ3v) is 2.74. The molecule has 0 radical (unpaired) electrons. The van der Waals surface area contributed by atoms with Crippen LogP contribution >= 0.6 is 0 Å². The standard InChI is InChI=1S/C14H23N3O/c1-4-5-14(18)17(11-10-16(2)3)13-8-6-12(15)7-9-13/h6-9H,4-5,10-11,15H2,1-3H3. The minimum absolute atomic E-state index is 0.170. The van der Waals surface area contributed by atoms with Crippen LogP contribution in [0, 0.1) is 0 Å². The van der Waals surface area contributed by atoms with Gasteiger partial charge >= 0.3 is 0 Å². The molecule has 4 nitrogen and oxygen atoms in total. The summed E-state index contributed by atoms with van der Waals surface area (Å²) >= 11 is 0. The smallest absolute Gasteiger partial charge is 0.227 e. The van der Waals surface area contributed by atoms with E-state index in [0.717, 1.165) is 18.7 Å². The van der Waals surface area contributed by atoms with Crippen LogP contribution in [0.25, 0.3) is 0 Å². The lowest BCUT2D eigenvalue weighted by molar-refractivity contribution is -0.118. The zero-order chi connectivity index (χ0) is 13.5. The van der Waals surface area contributed by atoms with Crippen molar-refractivity contribution in [3.05, 3.63) is 24.3 Å². The number of nitrogens with zero attached hydrogens (tertiary/aromatic N) is 2. The lowest BCUT2D eigenvalue weighted by Gasteiger charge is -2.24. The van der Waals surface area contributed by atoms with Crippen LogP contribution in [0.4, 0.5) is 11.4 Å². The largest absolute Gasteiger partial charge is 0.399 e. The summed E-state index contributed by atoms with van der Waals surface area (Å²) in [6.07, 6.45) is 1.45. The number of hydrogen-bond donors (Lipinski definition) is 1. The molecular formula is C14H23N3O. The lowest BCUT2D eigenvalue weighted by Crippen LogP contribution is -2.36. The van der Waals surface area contributed by atoms with E-state index in [0.29, 0.717) is 18.7 Å². The summed E-state index contributed by atoms with van der Waals surface area (Å²) in [5.41, 5.74) is 7.31. The van der Waals surface area contributed by atoms with Gasteiger partial charge in [-0.1, -0.05) is 6.92 Å². The summed E-state index contributed by atoms with van der Waals surface area (Å²) in [6, 6.07) is 7.46. The van der Waals surface area contributed by atoms with Crippen molar-refractivity contribution in [3.8, 4) is 0 Å². The maximum Gasteiger partial charge on any atom is 0.227 e. The highest BCUT2D eigenvalue weighted by molar-refractivity contribution is 5.93. The summed E-state index contributed by atoms with van der Waals surface area (Å²) < 4.78 is 0. The number of anilines is 2. The Bertz CT molecular complexity index is 373. The molecule has 0 atom stereocenters. The van der Waals surface area contributed by atoms with Gasteiger partial charge in [0.2, 0.25) is 5.91 Å². The van der Waals surface area contributed by atoms with E-state index in [1.807, 2.05) is 50.2 Å². The topological polar surface area (TPSA) is 49.6 Å². The second kappa shape index (κ2) is 7.01. The minimum Gasteiger partial charge on any atom is -0.399 e. The highest BCUT2D eigenvalue weighted by Gasteiger charge is 2.14. The number of hydrogen-bond acceptors (Lipinski definition) is 3. The van der Waals surface area contributed by atoms with Crippen LogP contribution in [0.5, 0.6) is 0 Å². The molecule has 18 heavy (non-hydrogen) atoms. The van der Waals surface area contributed by atoms with E-state index in [1.165, 1.54) is 0 Å². The van der Waals surface area contributed by atoms with Gasteiger partial charge in [0.15, 0.2) is 0 Å². The average Bonchev–Trinajstić information content (AvgIpc) is 2.31. The molecule has 0 saturated carbocycles. The number of nitrogen functional groups attached to an aromatic ring is 1. The Kier molecular flexibility index (Phi) is 5.65. The Morgan fingerprint density at radius 3 is 2.28 bits per heavy atom. The molecule has 0 fully saturated rings. The number of carbonyl (C=O) groups is 1. The van der Waals surface area contributed by atoms with Gasteiger partial charge in [0.05, 0.1) is 0 Å². The molecule has 1 rings (SSSR count). The molecular weight excluding hydrogens is 226 g/mol. The molecule has 2 N–H and O–H groups in total. The van der Waals surface area contributed by atoms with Crippen molar-refractivity contribution >= 4 is 17.3 Å². The quantitative estimate of drug-likeness (QED) is 0.784. The average molecular weight is 249 g/mol. The van der Waals surface area contributed by atoms with Gasteiger partial charge in [-0.3, -0.25) is 4.79 Å². The summed E-state index contributed by atoms with van der Waals surface area (Å²) in [6.45, 7) is 3.57. The number of nitrogens with two attached hydrogens (primary N) is 1. The molecule has 0 unspecified atom stereocenters. The molecule has 0 aromatic heterocycles. The number of benzene rings is 1. The van der Waals surface area contributed by atoms with Crippen molar-refractivity contribution in [1.82, 2.24) is 4.90 Å². The number of rotatable bonds is 6. The van der Waals surface area contributed by atoms with Gasteiger partial charge in [0.25, 0.3) is 0 Å². The predicted molar refractivity (Wildman–Crippen MR) is 76.7 cm³/mol. The second-order valence-corrected chi connectivity index (χ2v) is 4.69. The number of amides is 1. The van der Waals surface area contributed by atoms with E-state index in [-0.39, 0.29) is 5.91 Å². The van der Waals surface area contributed by atoms with Crippen molar-refractivity contribution < 1.29 is 4.79 Å². The third kappa shape index (κ3) is 4.37. The SMILES string of the molecule is CCCC(=O)N(CCN(C)C)c1ccc(N)cc1. The van der Waals surface area contributed by atoms with E-state index < -0.39 is 0 Å². The molecule has 0 aliphatic rings. The van der Waals surface area contributed by atoms with Gasteiger partial charge in [0, 0.05) is 30.9 Å². The molecule has 0 spiro atoms. The highest BCUT2D eigenvalue weighted by Crippen LogP contribution is 2.17. The molecule has 0 aliphatic heterocycles. The molecule has 0 heterocycles. The van der Waals surface area contributed by atoms with Crippen LogP contribution < -0.4 is 10.6 Å². The van der Waals surface area contributed by atoms with E-state index >= 15 is 0 Å². The molecule has 0 saturated heterocycles. The Morgan fingerprint density at radius 2 is 1.78 bits per heavy atom. The van der Waals surface area contributed by atoms with Crippen LogP contribution in [-0.4, -0.2) is 38.0 Å². The summed E-state index contributed by atoms with van der Waals surface area (Å²) in [7, 11) is 4.01. The first kappa shape index (κ1) is 14.5. The van der Waals surface area contributed by atoms with Gasteiger partial charge in [-0.05, 0) is 44.8 Å². The maximum atomic E-state index is 12.1. The number of carbonyl (C=O) groups excluding carboxylic acids is 1. The normalized spacial score (nSPS) is 10.7. The fraction of sp³-hybridized carbons (Fsp3) is 0.500. The molecule has 1 amide bonds. The van der Waals surface area contributed by atoms with Crippen molar-refractivity contribution in [2.45, 2.75) is 19.8 Å². The zero-order valence-electron chi connectivity index (χ0n) is 11.5. The summed E-state index contributed by atoms with van der Waals surface area (Å²) in [5, 5.41) is 0. The monoisotopic (exact) mass is 249 g/mol. The van der Waals surface area contributed by atoms with Crippen LogP contribution in [0.15, 0.2) is 24.3 Å². The van der Waals surface area contributed by atoms with Gasteiger partial charge in [-0.2, -0.15) is 0 Å². The first-order valence-electron chi connectivity index (χ1n) is 6.35. The first-order valence-corrected chi connectivity index (χ1v) is 6.35. The molecule has 0 aliphatic carbocycles. The van der Waals surface area contributed by atoms with E-state index in [9.17, 15) is 4.79 Å². The van der Waals surface area contributed by atoms with Crippen LogP contribution in [-0.2, 0) is 4.79 Å². The maximum absolute atomic E-state index is 12.1. The lowest BCUT2D eigenvalue weighted by atomic mass is 10.2. The van der Waals surface area contributed by atoms with Gasteiger partial charge in [-0.15, -0.1) is 0 Å². The number of likely N-dealkylation sites (N-methyl/N-ethyl adjacent to an activating group) is 1. The minimum atomic E-state index is 0.170. The molecule has 1 aromatic rings. The molecule has 100 valence electrons. The van der Waals surface area contributed by atoms with E-state index in [4.69, 9.17) is 5.73 Å². The first-order chi connectivity index (χ1) is 8.54. The van der Waals surface area contributed by atoms with Gasteiger partial charge < -0.3 is 15.5 Å². The van der Waals surface area contributed by atoms with E-state index in [1.54, 1.807) is 0 Å². The molecule has 0 bridgehead atoms. The van der Waals surface area contributed by atoms with Crippen molar-refractivity contribution in [3.63, 3.8) is 0 Å². The highest BCUT2D eigenvalue weighted by atomic mass is 16.2.